The summed E-state index contributed by atoms with van der Waals surface area (Å²) in [6, 6.07) is 3.59. The lowest BCUT2D eigenvalue weighted by Gasteiger charge is -2.35. The molecule has 2 heterocycles. The zero-order valence-electron chi connectivity index (χ0n) is 10.8. The van der Waals surface area contributed by atoms with Gasteiger partial charge in [-0.3, -0.25) is 4.90 Å². The summed E-state index contributed by atoms with van der Waals surface area (Å²) in [5.41, 5.74) is 0. The molecule has 0 aliphatic carbocycles. The van der Waals surface area contributed by atoms with Crippen molar-refractivity contribution in [2.24, 2.45) is 5.92 Å². The van der Waals surface area contributed by atoms with E-state index < -0.39 is 5.97 Å². The summed E-state index contributed by atoms with van der Waals surface area (Å²) >= 11 is 1.36. The van der Waals surface area contributed by atoms with Crippen LogP contribution in [0.15, 0.2) is 12.1 Å². The van der Waals surface area contributed by atoms with Crippen molar-refractivity contribution >= 4 is 17.3 Å². The van der Waals surface area contributed by atoms with E-state index in [-0.39, 0.29) is 6.10 Å². The predicted molar refractivity (Wildman–Crippen MR) is 71.1 cm³/mol. The Balaban J connectivity index is 1.94. The highest BCUT2D eigenvalue weighted by molar-refractivity contribution is 7.13. The van der Waals surface area contributed by atoms with Crippen LogP contribution in [0.5, 0.6) is 0 Å². The lowest BCUT2D eigenvalue weighted by molar-refractivity contribution is -0.00716. The summed E-state index contributed by atoms with van der Waals surface area (Å²) in [5.74, 6) is -0.238. The molecule has 0 saturated carbocycles. The standard InChI is InChI=1S/C13H19NO3S/c1-9-5-6-14(8-11(9)17-2)7-10-3-4-12(18-10)13(15)16/h3-4,9,11H,5-8H2,1-2H3,(H,15,16). The molecule has 18 heavy (non-hydrogen) atoms. The largest absolute Gasteiger partial charge is 0.477 e. The second kappa shape index (κ2) is 5.82. The Bertz CT molecular complexity index is 418. The fourth-order valence-electron chi connectivity index (χ4n) is 2.35. The van der Waals surface area contributed by atoms with Crippen molar-refractivity contribution in [3.05, 3.63) is 21.9 Å². The minimum absolute atomic E-state index is 0.289. The van der Waals surface area contributed by atoms with E-state index in [1.165, 1.54) is 11.3 Å². The van der Waals surface area contributed by atoms with Crippen LogP contribution in [-0.2, 0) is 11.3 Å². The zero-order chi connectivity index (χ0) is 13.1. The van der Waals surface area contributed by atoms with E-state index in [4.69, 9.17) is 9.84 Å². The molecule has 0 aromatic carbocycles. The summed E-state index contributed by atoms with van der Waals surface area (Å²) in [7, 11) is 1.76. The Morgan fingerprint density at radius 1 is 1.61 bits per heavy atom. The first-order valence-electron chi connectivity index (χ1n) is 6.17. The molecule has 2 atom stereocenters. The predicted octanol–water partition coefficient (Wildman–Crippen LogP) is 2.30. The third-order valence-corrected chi connectivity index (χ3v) is 4.59. The van der Waals surface area contributed by atoms with Gasteiger partial charge in [0.15, 0.2) is 0 Å². The van der Waals surface area contributed by atoms with E-state index in [1.54, 1.807) is 13.2 Å². The van der Waals surface area contributed by atoms with Crippen molar-refractivity contribution < 1.29 is 14.6 Å². The molecule has 5 heteroatoms. The van der Waals surface area contributed by atoms with Gasteiger partial charge >= 0.3 is 5.97 Å². The van der Waals surface area contributed by atoms with Crippen LogP contribution >= 0.6 is 11.3 Å². The Kier molecular flexibility index (Phi) is 4.37. The van der Waals surface area contributed by atoms with Gasteiger partial charge in [-0.1, -0.05) is 6.92 Å². The van der Waals surface area contributed by atoms with Gasteiger partial charge < -0.3 is 9.84 Å². The minimum Gasteiger partial charge on any atom is -0.477 e. The number of carboxylic acids is 1. The first-order valence-corrected chi connectivity index (χ1v) is 6.99. The lowest BCUT2D eigenvalue weighted by Crippen LogP contribution is -2.43. The van der Waals surface area contributed by atoms with Crippen molar-refractivity contribution in [3.8, 4) is 0 Å². The summed E-state index contributed by atoms with van der Waals surface area (Å²) < 4.78 is 5.48. The molecule has 1 aromatic heterocycles. The Hall–Kier alpha value is -0.910. The van der Waals surface area contributed by atoms with Crippen LogP contribution in [0.3, 0.4) is 0 Å². The van der Waals surface area contributed by atoms with Gasteiger partial charge in [-0.15, -0.1) is 11.3 Å². The Morgan fingerprint density at radius 2 is 2.39 bits per heavy atom. The topological polar surface area (TPSA) is 49.8 Å². The van der Waals surface area contributed by atoms with Crippen LogP contribution in [0, 0.1) is 5.92 Å². The summed E-state index contributed by atoms with van der Waals surface area (Å²) in [5, 5.41) is 8.90. The quantitative estimate of drug-likeness (QED) is 0.911. The van der Waals surface area contributed by atoms with E-state index in [0.29, 0.717) is 10.8 Å². The Labute approximate surface area is 111 Å². The van der Waals surface area contributed by atoms with Crippen molar-refractivity contribution in [1.82, 2.24) is 4.90 Å². The highest BCUT2D eigenvalue weighted by atomic mass is 32.1. The van der Waals surface area contributed by atoms with Crippen molar-refractivity contribution in [3.63, 3.8) is 0 Å². The van der Waals surface area contributed by atoms with E-state index in [2.05, 4.69) is 11.8 Å². The molecule has 0 radical (unpaired) electrons. The number of nitrogens with zero attached hydrogens (tertiary/aromatic N) is 1. The maximum absolute atomic E-state index is 10.8. The highest BCUT2D eigenvalue weighted by Gasteiger charge is 2.26. The first-order chi connectivity index (χ1) is 8.60. The number of thiophene rings is 1. The molecule has 4 nitrogen and oxygen atoms in total. The summed E-state index contributed by atoms with van der Waals surface area (Å²) in [6.45, 7) is 5.03. The van der Waals surface area contributed by atoms with E-state index >= 15 is 0 Å². The van der Waals surface area contributed by atoms with E-state index in [9.17, 15) is 4.79 Å². The SMILES string of the molecule is COC1CN(Cc2ccc(C(=O)O)s2)CCC1C. The number of methoxy groups -OCH3 is 1. The van der Waals surface area contributed by atoms with Crippen molar-refractivity contribution in [1.29, 1.82) is 0 Å². The molecular weight excluding hydrogens is 250 g/mol. The maximum Gasteiger partial charge on any atom is 0.345 e. The molecule has 0 spiro atoms. The van der Waals surface area contributed by atoms with Gasteiger partial charge in [0.25, 0.3) is 0 Å². The number of rotatable bonds is 4. The molecule has 1 aromatic rings. The molecule has 1 aliphatic rings. The average Bonchev–Trinajstić information content (AvgIpc) is 2.80. The second-order valence-corrected chi connectivity index (χ2v) is 6.01. The molecular formula is C13H19NO3S. The van der Waals surface area contributed by atoms with Gasteiger partial charge in [-0.2, -0.15) is 0 Å². The number of carboxylic acid groups (broad SMARTS) is 1. The lowest BCUT2D eigenvalue weighted by atomic mass is 9.96. The molecule has 0 bridgehead atoms. The maximum atomic E-state index is 10.8. The van der Waals surface area contributed by atoms with Gasteiger partial charge in [0.05, 0.1) is 6.10 Å². The Morgan fingerprint density at radius 3 is 3.00 bits per heavy atom. The number of carbonyl (C=O) groups is 1. The molecule has 2 unspecified atom stereocenters. The fraction of sp³-hybridized carbons (Fsp3) is 0.615. The van der Waals surface area contributed by atoms with E-state index in [0.717, 1.165) is 30.9 Å². The number of hydrogen-bond donors (Lipinski definition) is 1. The summed E-state index contributed by atoms with van der Waals surface area (Å²) in [6.07, 6.45) is 1.42. The molecule has 100 valence electrons. The monoisotopic (exact) mass is 269 g/mol. The molecule has 1 fully saturated rings. The van der Waals surface area contributed by atoms with Gasteiger partial charge in [-0.05, 0) is 31.0 Å². The second-order valence-electron chi connectivity index (χ2n) is 4.85. The average molecular weight is 269 g/mol. The van der Waals surface area contributed by atoms with E-state index in [1.807, 2.05) is 6.07 Å². The third kappa shape index (κ3) is 3.10. The van der Waals surface area contributed by atoms with Gasteiger partial charge in [0.1, 0.15) is 4.88 Å². The first kappa shape index (κ1) is 13.5. The van der Waals surface area contributed by atoms with Crippen LogP contribution < -0.4 is 0 Å². The van der Waals surface area contributed by atoms with Crippen LogP contribution in [0.1, 0.15) is 27.9 Å². The molecule has 1 saturated heterocycles. The van der Waals surface area contributed by atoms with Crippen molar-refractivity contribution in [2.75, 3.05) is 20.2 Å². The molecule has 1 aliphatic heterocycles. The smallest absolute Gasteiger partial charge is 0.345 e. The molecule has 0 amide bonds. The van der Waals surface area contributed by atoms with Crippen molar-refractivity contribution in [2.45, 2.75) is 26.0 Å². The zero-order valence-corrected chi connectivity index (χ0v) is 11.6. The van der Waals surface area contributed by atoms with Gasteiger partial charge in [0, 0.05) is 25.1 Å². The number of ether oxygens (including phenoxy) is 1. The normalized spacial score (nSPS) is 25.2. The summed E-state index contributed by atoms with van der Waals surface area (Å²) in [4.78, 5) is 14.7. The number of aromatic carboxylic acids is 1. The molecule has 2 rings (SSSR count). The van der Waals surface area contributed by atoms with Crippen LogP contribution in [0.4, 0.5) is 0 Å². The van der Waals surface area contributed by atoms with Gasteiger partial charge in [-0.25, -0.2) is 4.79 Å². The van der Waals surface area contributed by atoms with Crippen LogP contribution in [-0.4, -0.2) is 42.3 Å². The number of hydrogen-bond acceptors (Lipinski definition) is 4. The van der Waals surface area contributed by atoms with Gasteiger partial charge in [0.2, 0.25) is 0 Å². The van der Waals surface area contributed by atoms with Crippen LogP contribution in [0.2, 0.25) is 0 Å². The minimum atomic E-state index is -0.840. The fourth-order valence-corrected chi connectivity index (χ4v) is 3.24. The van der Waals surface area contributed by atoms with Crippen LogP contribution in [0.25, 0.3) is 0 Å². The highest BCUT2D eigenvalue weighted by Crippen LogP contribution is 2.23. The third-order valence-electron chi connectivity index (χ3n) is 3.53. The number of piperidine rings is 1. The number of likely N-dealkylation sites (tertiary alicyclic amines) is 1. The molecule has 1 N–H and O–H groups in total.